The van der Waals surface area contributed by atoms with Crippen molar-refractivity contribution < 1.29 is 10.1 Å². The van der Waals surface area contributed by atoms with Gasteiger partial charge in [0, 0.05) is 0 Å². The Labute approximate surface area is 75.3 Å². The Morgan fingerprint density at radius 3 is 1.50 bits per heavy atom. The van der Waals surface area contributed by atoms with Crippen molar-refractivity contribution in [2.24, 2.45) is 21.7 Å². The quantitative estimate of drug-likeness (QED) is 0.365. The van der Waals surface area contributed by atoms with E-state index >= 15 is 0 Å². The van der Waals surface area contributed by atoms with Gasteiger partial charge >= 0.3 is 11.9 Å². The van der Waals surface area contributed by atoms with Crippen LogP contribution in [0, 0.1) is 20.2 Å². The van der Waals surface area contributed by atoms with Gasteiger partial charge in [-0.2, -0.15) is 0 Å². The van der Waals surface area contributed by atoms with Gasteiger partial charge in [-0.25, -0.2) is 20.2 Å². The Morgan fingerprint density at radius 1 is 1.00 bits per heavy atom. The molecule has 0 aliphatic carbocycles. The second-order valence-corrected chi connectivity index (χ2v) is 1.97. The Morgan fingerprint density at radius 2 is 1.29 bits per heavy atom. The lowest BCUT2D eigenvalue weighted by molar-refractivity contribution is -0.793. The Kier molecular flexibility index (Phi) is 2.02. The van der Waals surface area contributed by atoms with E-state index in [-0.39, 0.29) is 10.2 Å². The molecule has 12 heteroatoms. The van der Waals surface area contributed by atoms with E-state index in [1.807, 2.05) is 0 Å². The van der Waals surface area contributed by atoms with Crippen LogP contribution >= 0.6 is 0 Å². The van der Waals surface area contributed by atoms with Gasteiger partial charge in [0.05, 0.1) is 0 Å². The molecule has 0 amide bonds. The average Bonchev–Trinajstić information content (AvgIpc) is 2.07. The van der Waals surface area contributed by atoms with E-state index in [9.17, 15) is 20.2 Å². The molecule has 4 N–H and O–H groups in total. The predicted octanol–water partition coefficient (Wildman–Crippen LogP) is -2.55. The summed E-state index contributed by atoms with van der Waals surface area (Å²) < 4.78 is 0. The Hall–Kier alpha value is -2.66. The van der Waals surface area contributed by atoms with Crippen molar-refractivity contribution in [1.82, 2.24) is 10.2 Å². The first-order valence-electron chi connectivity index (χ1n) is 3.00. The van der Waals surface area contributed by atoms with Gasteiger partial charge in [-0.3, -0.25) is 0 Å². The highest BCUT2D eigenvalue weighted by Crippen LogP contribution is 2.03. The number of hydrogen-bond donors (Lipinski definition) is 2. The van der Waals surface area contributed by atoms with Crippen LogP contribution in [0.3, 0.4) is 0 Å². The molecule has 1 aliphatic heterocycles. The molecule has 0 saturated carbocycles. The summed E-state index contributed by atoms with van der Waals surface area (Å²) in [6.07, 6.45) is 0. The van der Waals surface area contributed by atoms with Gasteiger partial charge in [-0.1, -0.05) is 0 Å². The lowest BCUT2D eigenvalue weighted by atomic mass is 10.9. The number of rotatable bonds is 2. The van der Waals surface area contributed by atoms with Crippen LogP contribution in [-0.4, -0.2) is 32.2 Å². The van der Waals surface area contributed by atoms with E-state index in [4.69, 9.17) is 11.5 Å². The fraction of sp³-hybridized carbons (Fsp3) is 0. The van der Waals surface area contributed by atoms with Gasteiger partial charge in [0.25, 0.3) is 0 Å². The van der Waals surface area contributed by atoms with Gasteiger partial charge in [0.1, 0.15) is 10.2 Å². The molecule has 0 atom stereocenters. The third kappa shape index (κ3) is 1.30. The van der Waals surface area contributed by atoms with E-state index in [2.05, 4.69) is 10.2 Å². The van der Waals surface area contributed by atoms with Crippen LogP contribution in [0.1, 0.15) is 0 Å². The number of nitrogens with zero attached hydrogens (tertiary/aromatic N) is 6. The first kappa shape index (κ1) is 9.43. The molecule has 0 bridgehead atoms. The molecule has 0 saturated heterocycles. The van der Waals surface area contributed by atoms with Crippen LogP contribution in [0.15, 0.2) is 10.2 Å². The third-order valence-electron chi connectivity index (χ3n) is 1.15. The summed E-state index contributed by atoms with van der Waals surface area (Å²) in [7, 11) is 0. The molecule has 76 valence electrons. The first-order chi connectivity index (χ1) is 6.45. The molecular formula is C2H4N8O4. The van der Waals surface area contributed by atoms with E-state index in [0.717, 1.165) is 0 Å². The van der Waals surface area contributed by atoms with Crippen molar-refractivity contribution in [2.45, 2.75) is 0 Å². The number of hydrazine groups is 3. The topological polar surface area (TPSA) is 170 Å². The van der Waals surface area contributed by atoms with Crippen molar-refractivity contribution in [1.29, 1.82) is 0 Å². The molecule has 12 nitrogen and oxygen atoms in total. The first-order valence-corrected chi connectivity index (χ1v) is 3.00. The van der Waals surface area contributed by atoms with Crippen molar-refractivity contribution in [3.8, 4) is 0 Å². The molecule has 0 aromatic rings. The lowest BCUT2D eigenvalue weighted by Crippen LogP contribution is -2.61. The average molecular weight is 204 g/mol. The van der Waals surface area contributed by atoms with Gasteiger partial charge in [0.15, 0.2) is 10.1 Å². The van der Waals surface area contributed by atoms with E-state index in [1.165, 1.54) is 0 Å². The zero-order chi connectivity index (χ0) is 10.9. The number of nitrogens with two attached hydrogens (primary N) is 2. The molecule has 1 heterocycles. The van der Waals surface area contributed by atoms with E-state index in [0.29, 0.717) is 0 Å². The maximum Gasteiger partial charge on any atom is 0.311 e. The van der Waals surface area contributed by atoms with Crippen molar-refractivity contribution in [3.05, 3.63) is 20.2 Å². The second-order valence-electron chi connectivity index (χ2n) is 1.97. The summed E-state index contributed by atoms with van der Waals surface area (Å²) in [4.78, 5) is 20.7. The molecule has 14 heavy (non-hydrogen) atoms. The fourth-order valence-electron chi connectivity index (χ4n) is 0.682. The largest absolute Gasteiger partial charge is 0.362 e. The van der Waals surface area contributed by atoms with Gasteiger partial charge in [-0.15, -0.1) is 10.2 Å². The SMILES string of the molecule is NC1=NN=C(N)N([N+](=O)[O-])N1[N+](=O)[O-]. The van der Waals surface area contributed by atoms with Crippen LogP contribution < -0.4 is 11.5 Å². The van der Waals surface area contributed by atoms with Crippen molar-refractivity contribution in [3.63, 3.8) is 0 Å². The van der Waals surface area contributed by atoms with Gasteiger partial charge in [0.2, 0.25) is 0 Å². The van der Waals surface area contributed by atoms with Crippen LogP contribution in [0.5, 0.6) is 0 Å². The highest BCUT2D eigenvalue weighted by molar-refractivity contribution is 5.85. The minimum Gasteiger partial charge on any atom is -0.362 e. The molecular weight excluding hydrogens is 200 g/mol. The van der Waals surface area contributed by atoms with Crippen LogP contribution in [0.25, 0.3) is 0 Å². The van der Waals surface area contributed by atoms with Crippen molar-refractivity contribution in [2.75, 3.05) is 0 Å². The Bertz CT molecular complexity index is 311. The van der Waals surface area contributed by atoms with Crippen molar-refractivity contribution >= 4 is 11.9 Å². The second kappa shape index (κ2) is 3.00. The van der Waals surface area contributed by atoms with Gasteiger partial charge < -0.3 is 11.5 Å². The van der Waals surface area contributed by atoms with E-state index < -0.39 is 22.0 Å². The summed E-state index contributed by atoms with van der Waals surface area (Å²) in [5, 5.41) is 24.2. The maximum absolute atomic E-state index is 10.3. The standard InChI is InChI=1S/C2H4N8O4/c3-1-5-6-2(4)8(10(13)14)7(1)9(11)12/h(H2,3,5)(H2,4,6). The van der Waals surface area contributed by atoms with Crippen LogP contribution in [-0.2, 0) is 0 Å². The monoisotopic (exact) mass is 204 g/mol. The normalized spacial score (nSPS) is 16.0. The maximum atomic E-state index is 10.3. The molecule has 0 aromatic heterocycles. The fourth-order valence-corrected chi connectivity index (χ4v) is 0.682. The zero-order valence-corrected chi connectivity index (χ0v) is 6.47. The smallest absolute Gasteiger partial charge is 0.311 e. The molecule has 1 rings (SSSR count). The molecule has 0 fully saturated rings. The Balaban J connectivity index is 3.13. The summed E-state index contributed by atoms with van der Waals surface area (Å²) in [6, 6.07) is 0. The number of hydrogen-bond acceptors (Lipinski definition) is 8. The molecule has 0 spiro atoms. The lowest BCUT2D eigenvalue weighted by Gasteiger charge is -2.19. The summed E-state index contributed by atoms with van der Waals surface area (Å²) in [5.41, 5.74) is 9.99. The van der Waals surface area contributed by atoms with Gasteiger partial charge in [-0.05, 0) is 0 Å². The number of guanidine groups is 2. The molecule has 0 aromatic carbocycles. The summed E-state index contributed by atoms with van der Waals surface area (Å²) in [5.74, 6) is -1.53. The zero-order valence-electron chi connectivity index (χ0n) is 6.47. The molecule has 1 aliphatic rings. The molecule has 0 unspecified atom stereocenters. The highest BCUT2D eigenvalue weighted by Gasteiger charge is 2.42. The summed E-state index contributed by atoms with van der Waals surface area (Å²) in [6.45, 7) is 0. The van der Waals surface area contributed by atoms with Crippen LogP contribution in [0.4, 0.5) is 0 Å². The third-order valence-corrected chi connectivity index (χ3v) is 1.15. The minimum atomic E-state index is -1.15. The summed E-state index contributed by atoms with van der Waals surface area (Å²) >= 11 is 0. The molecule has 0 radical (unpaired) electrons. The van der Waals surface area contributed by atoms with E-state index in [1.54, 1.807) is 0 Å². The number of nitro groups is 2. The minimum absolute atomic E-state index is 0.137. The highest BCUT2D eigenvalue weighted by atomic mass is 16.7. The van der Waals surface area contributed by atoms with Crippen LogP contribution in [0.2, 0.25) is 0 Å². The predicted molar refractivity (Wildman–Crippen MR) is 40.9 cm³/mol.